The SMILES string of the molecule is C=CCn1c(SCC(=O)Nc2ccc3c(c2)OCCO3)nc2ccccc2c1=O. The van der Waals surface area contributed by atoms with Gasteiger partial charge in [-0.2, -0.15) is 0 Å². The summed E-state index contributed by atoms with van der Waals surface area (Å²) in [5, 5.41) is 3.85. The van der Waals surface area contributed by atoms with E-state index in [0.29, 0.717) is 53.0 Å². The van der Waals surface area contributed by atoms with Crippen LogP contribution in [0.25, 0.3) is 10.9 Å². The van der Waals surface area contributed by atoms with E-state index in [1.165, 1.54) is 16.3 Å². The lowest BCUT2D eigenvalue weighted by Gasteiger charge is -2.19. The van der Waals surface area contributed by atoms with Gasteiger partial charge in [0.15, 0.2) is 16.7 Å². The molecule has 1 aromatic heterocycles. The molecule has 7 nitrogen and oxygen atoms in total. The van der Waals surface area contributed by atoms with Crippen molar-refractivity contribution in [3.63, 3.8) is 0 Å². The van der Waals surface area contributed by atoms with Gasteiger partial charge in [-0.3, -0.25) is 14.2 Å². The number of thioether (sulfide) groups is 1. The molecule has 1 aliphatic heterocycles. The smallest absolute Gasteiger partial charge is 0.262 e. The zero-order valence-electron chi connectivity index (χ0n) is 15.6. The Bertz CT molecular complexity index is 1140. The maximum atomic E-state index is 12.7. The first-order valence-electron chi connectivity index (χ1n) is 9.08. The standard InChI is InChI=1S/C21H19N3O4S/c1-2-9-24-20(26)15-5-3-4-6-16(15)23-21(24)29-13-19(25)22-14-7-8-17-18(12-14)28-11-10-27-17/h2-8,12H,1,9-11,13H2,(H,22,25). The first-order chi connectivity index (χ1) is 14.2. The van der Waals surface area contributed by atoms with E-state index in [9.17, 15) is 9.59 Å². The molecule has 2 heterocycles. The van der Waals surface area contributed by atoms with E-state index in [1.807, 2.05) is 6.07 Å². The predicted molar refractivity (Wildman–Crippen MR) is 113 cm³/mol. The molecule has 8 heteroatoms. The third-order valence-corrected chi connectivity index (χ3v) is 5.27. The second-order valence-corrected chi connectivity index (χ2v) is 7.25. The molecular weight excluding hydrogens is 390 g/mol. The fourth-order valence-corrected chi connectivity index (χ4v) is 3.80. The minimum atomic E-state index is -0.209. The molecule has 148 valence electrons. The van der Waals surface area contributed by atoms with Gasteiger partial charge in [0.05, 0.1) is 16.7 Å². The van der Waals surface area contributed by atoms with Gasteiger partial charge >= 0.3 is 0 Å². The van der Waals surface area contributed by atoms with Gasteiger partial charge in [0, 0.05) is 18.3 Å². The van der Waals surface area contributed by atoms with E-state index >= 15 is 0 Å². The molecule has 0 spiro atoms. The number of allylic oxidation sites excluding steroid dienone is 1. The molecule has 0 unspecified atom stereocenters. The summed E-state index contributed by atoms with van der Waals surface area (Å²) in [7, 11) is 0. The Morgan fingerprint density at radius 3 is 2.83 bits per heavy atom. The van der Waals surface area contributed by atoms with Crippen LogP contribution in [0.2, 0.25) is 0 Å². The van der Waals surface area contributed by atoms with E-state index in [4.69, 9.17) is 9.47 Å². The van der Waals surface area contributed by atoms with Crippen molar-refractivity contribution in [3.8, 4) is 11.5 Å². The molecule has 0 aliphatic carbocycles. The molecule has 0 saturated carbocycles. The van der Waals surface area contributed by atoms with Crippen LogP contribution in [0.3, 0.4) is 0 Å². The van der Waals surface area contributed by atoms with Crippen LogP contribution in [0.4, 0.5) is 5.69 Å². The Morgan fingerprint density at radius 1 is 1.21 bits per heavy atom. The van der Waals surface area contributed by atoms with E-state index in [2.05, 4.69) is 16.9 Å². The number of para-hydroxylation sites is 1. The normalized spacial score (nSPS) is 12.6. The fourth-order valence-electron chi connectivity index (χ4n) is 3.00. The average Bonchev–Trinajstić information content (AvgIpc) is 2.74. The first-order valence-corrected chi connectivity index (χ1v) is 10.1. The number of aromatic nitrogens is 2. The summed E-state index contributed by atoms with van der Waals surface area (Å²) in [5.41, 5.74) is 1.08. The largest absolute Gasteiger partial charge is 0.486 e. The summed E-state index contributed by atoms with van der Waals surface area (Å²) in [6, 6.07) is 12.4. The molecule has 1 amide bonds. The van der Waals surface area contributed by atoms with Crippen molar-refractivity contribution in [2.75, 3.05) is 24.3 Å². The number of carbonyl (C=O) groups excluding carboxylic acids is 1. The van der Waals surface area contributed by atoms with Gasteiger partial charge in [-0.05, 0) is 24.3 Å². The minimum Gasteiger partial charge on any atom is -0.486 e. The van der Waals surface area contributed by atoms with E-state index in [-0.39, 0.29) is 17.2 Å². The molecule has 1 N–H and O–H groups in total. The molecule has 0 atom stereocenters. The summed E-state index contributed by atoms with van der Waals surface area (Å²) in [4.78, 5) is 29.7. The lowest BCUT2D eigenvalue weighted by atomic mass is 10.2. The van der Waals surface area contributed by atoms with Crippen LogP contribution in [-0.2, 0) is 11.3 Å². The number of rotatable bonds is 6. The number of nitrogens with one attached hydrogen (secondary N) is 1. The third-order valence-electron chi connectivity index (χ3n) is 4.30. The number of hydrogen-bond donors (Lipinski definition) is 1. The van der Waals surface area contributed by atoms with E-state index in [1.54, 1.807) is 42.5 Å². The molecule has 3 aromatic rings. The minimum absolute atomic E-state index is 0.108. The number of carbonyl (C=O) groups is 1. The number of fused-ring (bicyclic) bond motifs is 2. The number of nitrogens with zero attached hydrogens (tertiary/aromatic N) is 2. The Labute approximate surface area is 171 Å². The average molecular weight is 409 g/mol. The van der Waals surface area contributed by atoms with Crippen molar-refractivity contribution < 1.29 is 14.3 Å². The number of amides is 1. The van der Waals surface area contributed by atoms with Gasteiger partial charge in [0.1, 0.15) is 13.2 Å². The van der Waals surface area contributed by atoms with Gasteiger partial charge in [-0.15, -0.1) is 6.58 Å². The highest BCUT2D eigenvalue weighted by Crippen LogP contribution is 2.32. The number of hydrogen-bond acceptors (Lipinski definition) is 6. The highest BCUT2D eigenvalue weighted by Gasteiger charge is 2.15. The highest BCUT2D eigenvalue weighted by atomic mass is 32.2. The van der Waals surface area contributed by atoms with E-state index in [0.717, 1.165) is 0 Å². The molecule has 0 bridgehead atoms. The van der Waals surface area contributed by atoms with Gasteiger partial charge in [0.2, 0.25) is 5.91 Å². The van der Waals surface area contributed by atoms with Crippen molar-refractivity contribution in [2.45, 2.75) is 11.7 Å². The van der Waals surface area contributed by atoms with Crippen molar-refractivity contribution >= 4 is 34.3 Å². The van der Waals surface area contributed by atoms with Crippen LogP contribution >= 0.6 is 11.8 Å². The molecular formula is C21H19N3O4S. The van der Waals surface area contributed by atoms with Crippen LogP contribution in [0.1, 0.15) is 0 Å². The topological polar surface area (TPSA) is 82.5 Å². The lowest BCUT2D eigenvalue weighted by molar-refractivity contribution is -0.113. The fraction of sp³-hybridized carbons (Fsp3) is 0.190. The molecule has 4 rings (SSSR count). The number of ether oxygens (including phenoxy) is 2. The van der Waals surface area contributed by atoms with Gasteiger partial charge in [-0.1, -0.05) is 30.0 Å². The van der Waals surface area contributed by atoms with Crippen LogP contribution in [0, 0.1) is 0 Å². The summed E-state index contributed by atoms with van der Waals surface area (Å²) in [5.74, 6) is 1.17. The zero-order chi connectivity index (χ0) is 20.2. The van der Waals surface area contributed by atoms with Crippen LogP contribution in [0.15, 0.2) is 65.1 Å². The second-order valence-electron chi connectivity index (χ2n) is 6.31. The van der Waals surface area contributed by atoms with Crippen LogP contribution < -0.4 is 20.3 Å². The van der Waals surface area contributed by atoms with Crippen molar-refractivity contribution in [3.05, 3.63) is 65.5 Å². The highest BCUT2D eigenvalue weighted by molar-refractivity contribution is 7.99. The second kappa shape index (κ2) is 8.40. The summed E-state index contributed by atoms with van der Waals surface area (Å²) in [6.07, 6.45) is 1.64. The Kier molecular flexibility index (Phi) is 5.53. The quantitative estimate of drug-likeness (QED) is 0.383. The Hall–Kier alpha value is -3.26. The maximum Gasteiger partial charge on any atom is 0.262 e. The molecule has 0 saturated heterocycles. The first kappa shape index (κ1) is 19.1. The summed E-state index contributed by atoms with van der Waals surface area (Å²) < 4.78 is 12.5. The summed E-state index contributed by atoms with van der Waals surface area (Å²) in [6.45, 7) is 5.02. The van der Waals surface area contributed by atoms with Crippen molar-refractivity contribution in [1.29, 1.82) is 0 Å². The van der Waals surface area contributed by atoms with Gasteiger partial charge in [0.25, 0.3) is 5.56 Å². The van der Waals surface area contributed by atoms with Gasteiger partial charge < -0.3 is 14.8 Å². The monoisotopic (exact) mass is 409 g/mol. The molecule has 2 aromatic carbocycles. The molecule has 29 heavy (non-hydrogen) atoms. The number of anilines is 1. The molecule has 1 aliphatic rings. The summed E-state index contributed by atoms with van der Waals surface area (Å²) >= 11 is 1.21. The van der Waals surface area contributed by atoms with Crippen LogP contribution in [0.5, 0.6) is 11.5 Å². The van der Waals surface area contributed by atoms with E-state index < -0.39 is 0 Å². The Morgan fingerprint density at radius 2 is 2.00 bits per heavy atom. The molecule has 0 fully saturated rings. The number of benzene rings is 2. The maximum absolute atomic E-state index is 12.7. The lowest BCUT2D eigenvalue weighted by Crippen LogP contribution is -2.23. The third kappa shape index (κ3) is 4.12. The Balaban J connectivity index is 1.50. The molecule has 0 radical (unpaired) electrons. The predicted octanol–water partition coefficient (Wildman–Crippen LogP) is 3.08. The van der Waals surface area contributed by atoms with Crippen molar-refractivity contribution in [2.24, 2.45) is 0 Å². The van der Waals surface area contributed by atoms with Crippen LogP contribution in [-0.4, -0.2) is 34.4 Å². The zero-order valence-corrected chi connectivity index (χ0v) is 16.4. The van der Waals surface area contributed by atoms with Gasteiger partial charge in [-0.25, -0.2) is 4.98 Å². The van der Waals surface area contributed by atoms with Crippen molar-refractivity contribution in [1.82, 2.24) is 9.55 Å².